The molecule has 0 spiro atoms. The van der Waals surface area contributed by atoms with Crippen LogP contribution in [-0.2, 0) is 9.59 Å². The van der Waals surface area contributed by atoms with E-state index in [2.05, 4.69) is 5.32 Å². The predicted octanol–water partition coefficient (Wildman–Crippen LogP) is 1.19. The van der Waals surface area contributed by atoms with Gasteiger partial charge < -0.3 is 15.2 Å². The van der Waals surface area contributed by atoms with Crippen LogP contribution in [0, 0.1) is 0 Å². The molecule has 5 heteroatoms. The van der Waals surface area contributed by atoms with Crippen molar-refractivity contribution in [2.24, 2.45) is 0 Å². The van der Waals surface area contributed by atoms with Gasteiger partial charge in [-0.25, -0.2) is 0 Å². The van der Waals surface area contributed by atoms with Crippen molar-refractivity contribution in [2.45, 2.75) is 31.4 Å². The average Bonchev–Trinajstić information content (AvgIpc) is 3.11. The van der Waals surface area contributed by atoms with Crippen molar-refractivity contribution < 1.29 is 19.4 Å². The molecule has 2 rings (SSSR count). The summed E-state index contributed by atoms with van der Waals surface area (Å²) >= 11 is 0. The van der Waals surface area contributed by atoms with Crippen LogP contribution in [0.2, 0.25) is 0 Å². The molecule has 1 aliphatic rings. The number of carboxylic acid groups (broad SMARTS) is 1. The number of amides is 1. The Morgan fingerprint density at radius 3 is 2.44 bits per heavy atom. The fraction of sp³-hybridized carbons (Fsp3) is 0.385. The van der Waals surface area contributed by atoms with Gasteiger partial charge in [-0.2, -0.15) is 0 Å². The van der Waals surface area contributed by atoms with Gasteiger partial charge in [0.05, 0.1) is 0 Å². The van der Waals surface area contributed by atoms with Gasteiger partial charge in [-0.3, -0.25) is 9.59 Å². The highest BCUT2D eigenvalue weighted by molar-refractivity contribution is 5.91. The molecule has 1 saturated carbocycles. The maximum atomic E-state index is 11.9. The first-order valence-corrected chi connectivity index (χ1v) is 5.81. The number of carbonyl (C=O) groups is 2. The summed E-state index contributed by atoms with van der Waals surface area (Å²) in [5, 5.41) is 11.2. The number of hydrogen-bond donors (Lipinski definition) is 2. The Morgan fingerprint density at radius 1 is 1.33 bits per heavy atom. The Hall–Kier alpha value is -2.04. The minimum absolute atomic E-state index is 0.360. The van der Waals surface area contributed by atoms with E-state index in [-0.39, 0.29) is 5.91 Å². The minimum Gasteiger partial charge on any atom is -0.480 e. The van der Waals surface area contributed by atoms with Crippen LogP contribution in [-0.4, -0.2) is 28.6 Å². The van der Waals surface area contributed by atoms with Gasteiger partial charge in [0.25, 0.3) is 5.91 Å². The SMILES string of the molecule is C[C@H](NC(=O)C1(Oc2ccccc2)CC1)C(=O)O. The van der Waals surface area contributed by atoms with Crippen LogP contribution in [0.25, 0.3) is 0 Å². The molecular weight excluding hydrogens is 234 g/mol. The molecular formula is C13H15NO4. The van der Waals surface area contributed by atoms with Crippen LogP contribution in [0.1, 0.15) is 19.8 Å². The molecule has 0 saturated heterocycles. The lowest BCUT2D eigenvalue weighted by molar-refractivity contribution is -0.143. The van der Waals surface area contributed by atoms with E-state index in [4.69, 9.17) is 9.84 Å². The Morgan fingerprint density at radius 2 is 1.94 bits per heavy atom. The summed E-state index contributed by atoms with van der Waals surface area (Å²) in [5.74, 6) is -0.798. The second-order valence-corrected chi connectivity index (χ2v) is 4.44. The summed E-state index contributed by atoms with van der Waals surface area (Å²) in [6.45, 7) is 1.43. The van der Waals surface area contributed by atoms with E-state index in [1.807, 2.05) is 18.2 Å². The smallest absolute Gasteiger partial charge is 0.325 e. The number of carbonyl (C=O) groups excluding carboxylic acids is 1. The molecule has 0 aliphatic heterocycles. The first-order chi connectivity index (χ1) is 8.53. The number of carboxylic acids is 1. The molecule has 0 unspecified atom stereocenters. The summed E-state index contributed by atoms with van der Waals surface area (Å²) in [5.41, 5.74) is -0.884. The van der Waals surface area contributed by atoms with Gasteiger partial charge in [0.15, 0.2) is 5.60 Å². The van der Waals surface area contributed by atoms with Crippen LogP contribution < -0.4 is 10.1 Å². The van der Waals surface area contributed by atoms with E-state index in [0.29, 0.717) is 18.6 Å². The second kappa shape index (κ2) is 4.68. The van der Waals surface area contributed by atoms with Gasteiger partial charge >= 0.3 is 5.97 Å². The molecule has 0 heterocycles. The topological polar surface area (TPSA) is 75.6 Å². The summed E-state index contributed by atoms with van der Waals surface area (Å²) in [6, 6.07) is 8.14. The molecule has 1 aliphatic carbocycles. The standard InChI is InChI=1S/C13H15NO4/c1-9(11(15)16)14-12(17)13(7-8-13)18-10-5-3-2-4-6-10/h2-6,9H,7-8H2,1H3,(H,14,17)(H,15,16)/t9-/m0/s1. The molecule has 0 bridgehead atoms. The first-order valence-electron chi connectivity index (χ1n) is 5.81. The lowest BCUT2D eigenvalue weighted by atomic mass is 10.2. The van der Waals surface area contributed by atoms with Crippen LogP contribution in [0.3, 0.4) is 0 Å². The molecule has 96 valence electrons. The zero-order valence-corrected chi connectivity index (χ0v) is 10.1. The molecule has 1 aromatic rings. The van der Waals surface area contributed by atoms with Crippen LogP contribution in [0.15, 0.2) is 30.3 Å². The predicted molar refractivity (Wildman–Crippen MR) is 64.3 cm³/mol. The maximum Gasteiger partial charge on any atom is 0.325 e. The maximum absolute atomic E-state index is 11.9. The molecule has 1 aromatic carbocycles. The van der Waals surface area contributed by atoms with E-state index in [1.54, 1.807) is 12.1 Å². The van der Waals surface area contributed by atoms with Gasteiger partial charge in [-0.1, -0.05) is 18.2 Å². The highest BCUT2D eigenvalue weighted by Gasteiger charge is 2.53. The fourth-order valence-electron chi connectivity index (χ4n) is 1.59. The van der Waals surface area contributed by atoms with Crippen molar-refractivity contribution in [2.75, 3.05) is 0 Å². The lowest BCUT2D eigenvalue weighted by Gasteiger charge is -2.19. The molecule has 1 atom stereocenters. The summed E-state index contributed by atoms with van der Waals surface area (Å²) in [6.07, 6.45) is 1.22. The highest BCUT2D eigenvalue weighted by Crippen LogP contribution is 2.40. The quantitative estimate of drug-likeness (QED) is 0.821. The van der Waals surface area contributed by atoms with Crippen LogP contribution in [0.5, 0.6) is 5.75 Å². The minimum atomic E-state index is -1.06. The monoisotopic (exact) mass is 249 g/mol. The molecule has 0 aromatic heterocycles. The Bertz CT molecular complexity index is 453. The van der Waals surface area contributed by atoms with Crippen LogP contribution in [0.4, 0.5) is 0 Å². The average molecular weight is 249 g/mol. The zero-order valence-electron chi connectivity index (χ0n) is 10.1. The molecule has 5 nitrogen and oxygen atoms in total. The second-order valence-electron chi connectivity index (χ2n) is 4.44. The molecule has 18 heavy (non-hydrogen) atoms. The van der Waals surface area contributed by atoms with Gasteiger partial charge in [0.1, 0.15) is 11.8 Å². The van der Waals surface area contributed by atoms with Crippen molar-refractivity contribution in [3.05, 3.63) is 30.3 Å². The third-order valence-electron chi connectivity index (χ3n) is 2.89. The number of nitrogens with one attached hydrogen (secondary N) is 1. The number of benzene rings is 1. The number of aliphatic carboxylic acids is 1. The van der Waals surface area contributed by atoms with Gasteiger partial charge in [-0.15, -0.1) is 0 Å². The van der Waals surface area contributed by atoms with Gasteiger partial charge in [0.2, 0.25) is 0 Å². The molecule has 0 radical (unpaired) electrons. The van der Waals surface area contributed by atoms with Crippen molar-refractivity contribution in [3.63, 3.8) is 0 Å². The van der Waals surface area contributed by atoms with Crippen molar-refractivity contribution in [1.82, 2.24) is 5.32 Å². The zero-order chi connectivity index (χ0) is 13.2. The highest BCUT2D eigenvalue weighted by atomic mass is 16.5. The normalized spacial score (nSPS) is 17.6. The third kappa shape index (κ3) is 2.61. The first kappa shape index (κ1) is 12.4. The van der Waals surface area contributed by atoms with E-state index < -0.39 is 17.6 Å². The Labute approximate surface area is 105 Å². The van der Waals surface area contributed by atoms with Gasteiger partial charge in [-0.05, 0) is 19.1 Å². The van der Waals surface area contributed by atoms with Gasteiger partial charge in [0, 0.05) is 12.8 Å². The summed E-state index contributed by atoms with van der Waals surface area (Å²) in [4.78, 5) is 22.6. The third-order valence-corrected chi connectivity index (χ3v) is 2.89. The number of para-hydroxylation sites is 1. The lowest BCUT2D eigenvalue weighted by Crippen LogP contribution is -2.47. The van der Waals surface area contributed by atoms with Crippen molar-refractivity contribution >= 4 is 11.9 Å². The molecule has 1 fully saturated rings. The number of rotatable bonds is 5. The van der Waals surface area contributed by atoms with E-state index >= 15 is 0 Å². The Balaban J connectivity index is 1.99. The molecule has 2 N–H and O–H groups in total. The summed E-state index contributed by atoms with van der Waals surface area (Å²) < 4.78 is 5.65. The fourth-order valence-corrected chi connectivity index (χ4v) is 1.59. The van der Waals surface area contributed by atoms with Crippen molar-refractivity contribution in [1.29, 1.82) is 0 Å². The molecule has 1 amide bonds. The van der Waals surface area contributed by atoms with Crippen molar-refractivity contribution in [3.8, 4) is 5.75 Å². The number of ether oxygens (including phenoxy) is 1. The largest absolute Gasteiger partial charge is 0.480 e. The Kier molecular flexibility index (Phi) is 3.23. The van der Waals surface area contributed by atoms with E-state index in [9.17, 15) is 9.59 Å². The van der Waals surface area contributed by atoms with E-state index in [1.165, 1.54) is 6.92 Å². The number of hydrogen-bond acceptors (Lipinski definition) is 3. The van der Waals surface area contributed by atoms with E-state index in [0.717, 1.165) is 0 Å². The van der Waals surface area contributed by atoms with Crippen LogP contribution >= 0.6 is 0 Å². The summed E-state index contributed by atoms with van der Waals surface area (Å²) in [7, 11) is 0.